The van der Waals surface area contributed by atoms with Crippen molar-refractivity contribution in [2.24, 2.45) is 5.92 Å². The number of urea groups is 1. The minimum atomic E-state index is -0.395. The molecule has 0 bridgehead atoms. The zero-order chi connectivity index (χ0) is 16.9. The number of nitrogens with zero attached hydrogens (tertiary/aromatic N) is 1. The summed E-state index contributed by atoms with van der Waals surface area (Å²) in [6.45, 7) is 0.985. The molecular formula is C17H18FN3O2S. The standard InChI is InChI=1S/C17H18FN3O2S/c18-13-5-1-6-14(10-13)19-16(22)12-4-2-8-21(11-12)17(23)20-15-7-3-9-24-15/h1,3,5-7,9-10,12H,2,4,8,11H2,(H,19,22)(H,20,23). The highest BCUT2D eigenvalue weighted by Crippen LogP contribution is 2.21. The summed E-state index contributed by atoms with van der Waals surface area (Å²) in [6.07, 6.45) is 1.48. The Kier molecular flexibility index (Phi) is 5.10. The van der Waals surface area contributed by atoms with Gasteiger partial charge in [-0.25, -0.2) is 9.18 Å². The van der Waals surface area contributed by atoms with Gasteiger partial charge in [0.1, 0.15) is 5.82 Å². The molecule has 24 heavy (non-hydrogen) atoms. The third kappa shape index (κ3) is 4.11. The van der Waals surface area contributed by atoms with E-state index < -0.39 is 5.82 Å². The molecule has 1 aromatic carbocycles. The summed E-state index contributed by atoms with van der Waals surface area (Å²) in [5, 5.41) is 8.23. The number of piperidine rings is 1. The highest BCUT2D eigenvalue weighted by Gasteiger charge is 2.28. The van der Waals surface area contributed by atoms with Crippen LogP contribution >= 0.6 is 11.3 Å². The van der Waals surface area contributed by atoms with Crippen molar-refractivity contribution in [3.8, 4) is 0 Å². The summed E-state index contributed by atoms with van der Waals surface area (Å²) in [7, 11) is 0. The van der Waals surface area contributed by atoms with E-state index in [1.165, 1.54) is 23.5 Å². The van der Waals surface area contributed by atoms with Crippen molar-refractivity contribution in [2.75, 3.05) is 23.7 Å². The molecule has 1 unspecified atom stereocenters. The topological polar surface area (TPSA) is 61.4 Å². The number of nitrogens with one attached hydrogen (secondary N) is 2. The molecule has 0 radical (unpaired) electrons. The minimum absolute atomic E-state index is 0.186. The van der Waals surface area contributed by atoms with E-state index in [0.717, 1.165) is 11.4 Å². The Balaban J connectivity index is 1.58. The fraction of sp³-hybridized carbons (Fsp3) is 0.294. The first-order valence-electron chi connectivity index (χ1n) is 7.77. The molecule has 3 rings (SSSR count). The predicted octanol–water partition coefficient (Wildman–Crippen LogP) is 3.77. The van der Waals surface area contributed by atoms with Gasteiger partial charge in [0, 0.05) is 18.8 Å². The van der Waals surface area contributed by atoms with Crippen LogP contribution in [0.25, 0.3) is 0 Å². The van der Waals surface area contributed by atoms with Gasteiger partial charge in [-0.15, -0.1) is 11.3 Å². The molecule has 0 saturated carbocycles. The van der Waals surface area contributed by atoms with E-state index in [2.05, 4.69) is 10.6 Å². The van der Waals surface area contributed by atoms with E-state index >= 15 is 0 Å². The molecule has 7 heteroatoms. The molecule has 1 aliphatic rings. The molecule has 126 valence electrons. The normalized spacial score (nSPS) is 17.4. The van der Waals surface area contributed by atoms with Gasteiger partial charge in [0.25, 0.3) is 0 Å². The number of anilines is 2. The van der Waals surface area contributed by atoms with Crippen LogP contribution in [-0.2, 0) is 4.79 Å². The lowest BCUT2D eigenvalue weighted by Gasteiger charge is -2.31. The Hall–Kier alpha value is -2.41. The average molecular weight is 347 g/mol. The van der Waals surface area contributed by atoms with Crippen molar-refractivity contribution >= 4 is 34.0 Å². The number of hydrogen-bond acceptors (Lipinski definition) is 3. The van der Waals surface area contributed by atoms with E-state index in [-0.39, 0.29) is 17.9 Å². The molecule has 0 spiro atoms. The number of halogens is 1. The monoisotopic (exact) mass is 347 g/mol. The molecule has 5 nitrogen and oxygen atoms in total. The van der Waals surface area contributed by atoms with Gasteiger partial charge in [0.2, 0.25) is 5.91 Å². The Labute approximate surface area is 143 Å². The number of carbonyl (C=O) groups excluding carboxylic acids is 2. The quantitative estimate of drug-likeness (QED) is 0.888. The van der Waals surface area contributed by atoms with E-state index in [4.69, 9.17) is 0 Å². The summed E-state index contributed by atoms with van der Waals surface area (Å²) < 4.78 is 13.2. The first kappa shape index (κ1) is 16.4. The maximum Gasteiger partial charge on any atom is 0.322 e. The van der Waals surface area contributed by atoms with Crippen LogP contribution < -0.4 is 10.6 Å². The number of likely N-dealkylation sites (tertiary alicyclic amines) is 1. The second-order valence-corrected chi connectivity index (χ2v) is 6.64. The van der Waals surface area contributed by atoms with Crippen LogP contribution in [0, 0.1) is 11.7 Å². The highest BCUT2D eigenvalue weighted by atomic mass is 32.1. The number of hydrogen-bond donors (Lipinski definition) is 2. The van der Waals surface area contributed by atoms with Crippen LogP contribution in [0.2, 0.25) is 0 Å². The zero-order valence-corrected chi connectivity index (χ0v) is 13.8. The number of benzene rings is 1. The fourth-order valence-corrected chi connectivity index (χ4v) is 3.33. The van der Waals surface area contributed by atoms with Gasteiger partial charge < -0.3 is 10.2 Å². The second kappa shape index (κ2) is 7.44. The van der Waals surface area contributed by atoms with Crippen LogP contribution in [0.3, 0.4) is 0 Å². The van der Waals surface area contributed by atoms with Crippen LogP contribution in [0.1, 0.15) is 12.8 Å². The van der Waals surface area contributed by atoms with Gasteiger partial charge in [0.05, 0.1) is 10.9 Å². The summed E-state index contributed by atoms with van der Waals surface area (Å²) in [5.74, 6) is -0.876. The molecule has 1 fully saturated rings. The SMILES string of the molecule is O=C(Nc1cccc(F)c1)C1CCCN(C(=O)Nc2cccs2)C1. The van der Waals surface area contributed by atoms with E-state index in [0.29, 0.717) is 25.2 Å². The lowest BCUT2D eigenvalue weighted by molar-refractivity contribution is -0.121. The number of amides is 3. The van der Waals surface area contributed by atoms with Crippen molar-refractivity contribution in [2.45, 2.75) is 12.8 Å². The summed E-state index contributed by atoms with van der Waals surface area (Å²) in [4.78, 5) is 26.3. The van der Waals surface area contributed by atoms with Crippen molar-refractivity contribution in [3.63, 3.8) is 0 Å². The average Bonchev–Trinajstić information content (AvgIpc) is 3.08. The van der Waals surface area contributed by atoms with Crippen molar-refractivity contribution < 1.29 is 14.0 Å². The Bertz CT molecular complexity index is 720. The molecular weight excluding hydrogens is 329 g/mol. The Morgan fingerprint density at radius 2 is 2.08 bits per heavy atom. The third-order valence-corrected chi connectivity index (χ3v) is 4.71. The van der Waals surface area contributed by atoms with E-state index in [9.17, 15) is 14.0 Å². The molecule has 2 heterocycles. The van der Waals surface area contributed by atoms with Gasteiger partial charge in [-0.1, -0.05) is 6.07 Å². The summed E-state index contributed by atoms with van der Waals surface area (Å²) in [5.41, 5.74) is 0.431. The number of rotatable bonds is 3. The largest absolute Gasteiger partial charge is 0.326 e. The third-order valence-electron chi connectivity index (χ3n) is 3.92. The van der Waals surface area contributed by atoms with Gasteiger partial charge in [-0.05, 0) is 48.6 Å². The zero-order valence-electron chi connectivity index (χ0n) is 13.0. The smallest absolute Gasteiger partial charge is 0.322 e. The minimum Gasteiger partial charge on any atom is -0.326 e. The molecule has 1 aromatic heterocycles. The second-order valence-electron chi connectivity index (χ2n) is 5.69. The Morgan fingerprint density at radius 3 is 2.83 bits per heavy atom. The van der Waals surface area contributed by atoms with Crippen LogP contribution in [0.15, 0.2) is 41.8 Å². The van der Waals surface area contributed by atoms with Gasteiger partial charge in [-0.2, -0.15) is 0 Å². The first-order valence-corrected chi connectivity index (χ1v) is 8.65. The maximum atomic E-state index is 13.2. The summed E-state index contributed by atoms with van der Waals surface area (Å²) in [6, 6.07) is 9.31. The van der Waals surface area contributed by atoms with Crippen molar-refractivity contribution in [3.05, 3.63) is 47.6 Å². The first-order chi connectivity index (χ1) is 11.6. The molecule has 2 N–H and O–H groups in total. The molecule has 3 amide bonds. The lowest BCUT2D eigenvalue weighted by atomic mass is 9.97. The maximum absolute atomic E-state index is 13.2. The number of carbonyl (C=O) groups is 2. The highest BCUT2D eigenvalue weighted by molar-refractivity contribution is 7.14. The number of thiophene rings is 1. The van der Waals surface area contributed by atoms with Crippen molar-refractivity contribution in [1.29, 1.82) is 0 Å². The van der Waals surface area contributed by atoms with Gasteiger partial charge >= 0.3 is 6.03 Å². The molecule has 1 aliphatic heterocycles. The molecule has 1 atom stereocenters. The Morgan fingerprint density at radius 1 is 1.21 bits per heavy atom. The molecule has 2 aromatic rings. The summed E-state index contributed by atoms with van der Waals surface area (Å²) >= 11 is 1.45. The van der Waals surface area contributed by atoms with E-state index in [1.807, 2.05) is 17.5 Å². The van der Waals surface area contributed by atoms with Crippen LogP contribution in [-0.4, -0.2) is 29.9 Å². The van der Waals surface area contributed by atoms with Gasteiger partial charge in [0.15, 0.2) is 0 Å². The predicted molar refractivity (Wildman–Crippen MR) is 92.7 cm³/mol. The fourth-order valence-electron chi connectivity index (χ4n) is 2.72. The van der Waals surface area contributed by atoms with Crippen molar-refractivity contribution in [1.82, 2.24) is 4.90 Å². The van der Waals surface area contributed by atoms with Gasteiger partial charge in [-0.3, -0.25) is 10.1 Å². The van der Waals surface area contributed by atoms with Crippen LogP contribution in [0.5, 0.6) is 0 Å². The van der Waals surface area contributed by atoms with Crippen LogP contribution in [0.4, 0.5) is 19.9 Å². The van der Waals surface area contributed by atoms with E-state index in [1.54, 1.807) is 17.0 Å². The lowest BCUT2D eigenvalue weighted by Crippen LogP contribution is -2.45. The molecule has 1 saturated heterocycles. The molecule has 0 aliphatic carbocycles.